The van der Waals surface area contributed by atoms with Crippen LogP contribution in [0.25, 0.3) is 0 Å². The maximum absolute atomic E-state index is 9.59. The molecular formula is C20H30O3. The minimum absolute atomic E-state index is 0.0550. The summed E-state index contributed by atoms with van der Waals surface area (Å²) in [6.45, 7) is 7.35. The first-order valence-corrected chi connectivity index (χ1v) is 8.96. The van der Waals surface area contributed by atoms with Gasteiger partial charge in [0.2, 0.25) is 0 Å². The quantitative estimate of drug-likeness (QED) is 0.585. The molecule has 0 saturated carbocycles. The number of ether oxygens (including phenoxy) is 2. The van der Waals surface area contributed by atoms with Crippen molar-refractivity contribution in [2.24, 2.45) is 0 Å². The third-order valence-corrected chi connectivity index (χ3v) is 5.62. The highest BCUT2D eigenvalue weighted by molar-refractivity contribution is 5.30. The van der Waals surface area contributed by atoms with E-state index in [0.29, 0.717) is 12.7 Å². The number of hydrogen-bond acceptors (Lipinski definition) is 3. The summed E-state index contributed by atoms with van der Waals surface area (Å²) >= 11 is 0. The lowest BCUT2D eigenvalue weighted by molar-refractivity contribution is 0.146. The van der Waals surface area contributed by atoms with Gasteiger partial charge in [0.1, 0.15) is 0 Å². The van der Waals surface area contributed by atoms with E-state index in [1.54, 1.807) is 0 Å². The van der Waals surface area contributed by atoms with Crippen LogP contribution in [-0.4, -0.2) is 36.1 Å². The van der Waals surface area contributed by atoms with Gasteiger partial charge < -0.3 is 14.6 Å². The molecule has 2 heterocycles. The normalized spacial score (nSPS) is 40.3. The molecule has 128 valence electrons. The number of aliphatic hydroxyl groups is 1. The zero-order valence-corrected chi connectivity index (χ0v) is 14.7. The van der Waals surface area contributed by atoms with E-state index in [-0.39, 0.29) is 18.3 Å². The Kier molecular flexibility index (Phi) is 5.10. The molecular weight excluding hydrogens is 288 g/mol. The van der Waals surface area contributed by atoms with Crippen molar-refractivity contribution in [2.45, 2.75) is 77.1 Å². The summed E-state index contributed by atoms with van der Waals surface area (Å²) in [5.41, 5.74) is 5.27. The van der Waals surface area contributed by atoms with E-state index in [0.717, 1.165) is 44.1 Å². The van der Waals surface area contributed by atoms with Crippen LogP contribution < -0.4 is 0 Å². The van der Waals surface area contributed by atoms with Gasteiger partial charge in [-0.1, -0.05) is 23.3 Å². The van der Waals surface area contributed by atoms with E-state index in [9.17, 15) is 5.11 Å². The minimum atomic E-state index is 0.0550. The second kappa shape index (κ2) is 6.92. The molecule has 3 aliphatic rings. The van der Waals surface area contributed by atoms with Crippen molar-refractivity contribution in [3.8, 4) is 0 Å². The Morgan fingerprint density at radius 2 is 2.04 bits per heavy atom. The van der Waals surface area contributed by atoms with Crippen molar-refractivity contribution in [2.75, 3.05) is 13.2 Å². The lowest BCUT2D eigenvalue weighted by atomic mass is 9.92. The molecule has 0 unspecified atom stereocenters. The third-order valence-electron chi connectivity index (χ3n) is 5.62. The summed E-state index contributed by atoms with van der Waals surface area (Å²) in [5, 5.41) is 9.59. The molecule has 0 spiro atoms. The molecule has 1 saturated heterocycles. The molecule has 3 atom stereocenters. The van der Waals surface area contributed by atoms with Gasteiger partial charge >= 0.3 is 0 Å². The SMILES string of the molecule is C/C1=C/CC[C@@]2(C)O[C@H]2CC/C(C)=C/[C@@H]2OCC(CO)=C2CC1. The third kappa shape index (κ3) is 3.96. The van der Waals surface area contributed by atoms with Crippen LogP contribution in [0.1, 0.15) is 59.3 Å². The molecule has 0 amide bonds. The van der Waals surface area contributed by atoms with Crippen LogP contribution >= 0.6 is 0 Å². The van der Waals surface area contributed by atoms with Crippen molar-refractivity contribution in [1.82, 2.24) is 0 Å². The Labute approximate surface area is 140 Å². The minimum Gasteiger partial charge on any atom is -0.392 e. The number of fused-ring (bicyclic) bond motifs is 2. The fraction of sp³-hybridized carbons (Fsp3) is 0.700. The topological polar surface area (TPSA) is 42.0 Å². The van der Waals surface area contributed by atoms with Gasteiger partial charge in [0.05, 0.1) is 31.0 Å². The molecule has 1 aliphatic carbocycles. The summed E-state index contributed by atoms with van der Waals surface area (Å²) < 4.78 is 11.9. The molecule has 2 aliphatic heterocycles. The van der Waals surface area contributed by atoms with Crippen molar-refractivity contribution >= 4 is 0 Å². The van der Waals surface area contributed by atoms with Gasteiger partial charge in [0, 0.05) is 0 Å². The van der Waals surface area contributed by atoms with Gasteiger partial charge in [-0.15, -0.1) is 0 Å². The van der Waals surface area contributed by atoms with E-state index in [4.69, 9.17) is 9.47 Å². The summed E-state index contributed by atoms with van der Waals surface area (Å²) in [4.78, 5) is 0. The van der Waals surface area contributed by atoms with E-state index >= 15 is 0 Å². The standard InChI is InChI=1S/C20H30O3/c1-14-5-4-10-20(3)19(23-20)9-7-15(2)11-18-17(8-6-14)16(12-21)13-22-18/h5,11,18-19,21H,4,6-10,12-13H2,1-3H3/b14-5-,15-11+/t18-,19-,20+/m0/s1. The molecule has 3 heteroatoms. The summed E-state index contributed by atoms with van der Waals surface area (Å²) in [6, 6.07) is 0. The first-order valence-electron chi connectivity index (χ1n) is 8.96. The van der Waals surface area contributed by atoms with Crippen LogP contribution in [0.3, 0.4) is 0 Å². The molecule has 0 aromatic heterocycles. The maximum atomic E-state index is 9.59. The van der Waals surface area contributed by atoms with Crippen LogP contribution in [0.5, 0.6) is 0 Å². The van der Waals surface area contributed by atoms with Gasteiger partial charge in [-0.25, -0.2) is 0 Å². The highest BCUT2D eigenvalue weighted by Crippen LogP contribution is 2.43. The van der Waals surface area contributed by atoms with Crippen molar-refractivity contribution < 1.29 is 14.6 Å². The highest BCUT2D eigenvalue weighted by Gasteiger charge is 2.50. The van der Waals surface area contributed by atoms with Crippen molar-refractivity contribution in [3.05, 3.63) is 34.4 Å². The first-order chi connectivity index (χ1) is 11.0. The number of epoxide rings is 1. The predicted molar refractivity (Wildman–Crippen MR) is 92.3 cm³/mol. The second-order valence-electron chi connectivity index (χ2n) is 7.58. The molecule has 3 rings (SSSR count). The summed E-state index contributed by atoms with van der Waals surface area (Å²) in [5.74, 6) is 0. The van der Waals surface area contributed by atoms with Gasteiger partial charge in [-0.2, -0.15) is 0 Å². The molecule has 0 bridgehead atoms. The Morgan fingerprint density at radius 3 is 2.83 bits per heavy atom. The second-order valence-corrected chi connectivity index (χ2v) is 7.58. The number of rotatable bonds is 1. The van der Waals surface area contributed by atoms with Gasteiger partial charge in [0.15, 0.2) is 0 Å². The lowest BCUT2D eigenvalue weighted by Crippen LogP contribution is -2.11. The predicted octanol–water partition coefficient (Wildman–Crippen LogP) is 4.08. The van der Waals surface area contributed by atoms with Gasteiger partial charge in [-0.05, 0) is 70.4 Å². The average molecular weight is 318 g/mol. The first kappa shape index (κ1) is 16.9. The zero-order chi connectivity index (χ0) is 16.4. The molecule has 3 nitrogen and oxygen atoms in total. The van der Waals surface area contributed by atoms with Gasteiger partial charge in [-0.3, -0.25) is 0 Å². The summed E-state index contributed by atoms with van der Waals surface area (Å²) in [6.07, 6.45) is 11.5. The molecule has 1 N–H and O–H groups in total. The van der Waals surface area contributed by atoms with Crippen LogP contribution in [0.15, 0.2) is 34.4 Å². The van der Waals surface area contributed by atoms with E-state index in [1.165, 1.54) is 16.7 Å². The van der Waals surface area contributed by atoms with Crippen LogP contribution in [-0.2, 0) is 9.47 Å². The average Bonchev–Trinajstić information content (AvgIpc) is 3.00. The smallest absolute Gasteiger partial charge is 0.0978 e. The maximum Gasteiger partial charge on any atom is 0.0978 e. The van der Waals surface area contributed by atoms with Crippen LogP contribution in [0.4, 0.5) is 0 Å². The van der Waals surface area contributed by atoms with E-state index < -0.39 is 0 Å². The molecule has 23 heavy (non-hydrogen) atoms. The molecule has 0 aromatic rings. The number of aliphatic hydroxyl groups excluding tert-OH is 1. The Bertz CT molecular complexity index is 543. The highest BCUT2D eigenvalue weighted by atomic mass is 16.6. The van der Waals surface area contributed by atoms with Crippen LogP contribution in [0, 0.1) is 0 Å². The van der Waals surface area contributed by atoms with Crippen LogP contribution in [0.2, 0.25) is 0 Å². The Morgan fingerprint density at radius 1 is 1.22 bits per heavy atom. The fourth-order valence-corrected chi connectivity index (χ4v) is 3.81. The molecule has 1 fully saturated rings. The zero-order valence-electron chi connectivity index (χ0n) is 14.7. The van der Waals surface area contributed by atoms with E-state index in [2.05, 4.69) is 32.9 Å². The summed E-state index contributed by atoms with van der Waals surface area (Å²) in [7, 11) is 0. The van der Waals surface area contributed by atoms with Gasteiger partial charge in [0.25, 0.3) is 0 Å². The van der Waals surface area contributed by atoms with Crippen molar-refractivity contribution in [1.29, 1.82) is 0 Å². The fourth-order valence-electron chi connectivity index (χ4n) is 3.81. The number of hydrogen-bond donors (Lipinski definition) is 1. The Balaban J connectivity index is 1.78. The monoisotopic (exact) mass is 318 g/mol. The number of allylic oxidation sites excluding steroid dienone is 3. The van der Waals surface area contributed by atoms with E-state index in [1.807, 2.05) is 0 Å². The van der Waals surface area contributed by atoms with Crippen molar-refractivity contribution in [3.63, 3.8) is 0 Å². The lowest BCUT2D eigenvalue weighted by Gasteiger charge is -2.14. The molecule has 0 radical (unpaired) electrons. The molecule has 0 aromatic carbocycles. The largest absolute Gasteiger partial charge is 0.392 e. The Hall–Kier alpha value is -0.900.